The average molecular weight is 429 g/mol. The summed E-state index contributed by atoms with van der Waals surface area (Å²) in [5.41, 5.74) is 0.412. The third-order valence-corrected chi connectivity index (χ3v) is 6.36. The van der Waals surface area contributed by atoms with Crippen LogP contribution in [0.15, 0.2) is 18.2 Å². The van der Waals surface area contributed by atoms with Gasteiger partial charge in [0.25, 0.3) is 0 Å². The first-order chi connectivity index (χ1) is 14.6. The molecule has 2 aliphatic rings. The highest BCUT2D eigenvalue weighted by Crippen LogP contribution is 2.42. The van der Waals surface area contributed by atoms with Gasteiger partial charge in [0.15, 0.2) is 5.82 Å². The molecule has 1 aromatic heterocycles. The predicted octanol–water partition coefficient (Wildman–Crippen LogP) is 3.42. The molecule has 158 valence electrons. The first-order valence-electron chi connectivity index (χ1n) is 10.5. The molecule has 0 aliphatic heterocycles. The van der Waals surface area contributed by atoms with Gasteiger partial charge >= 0.3 is 5.97 Å². The number of ether oxygens (including phenoxy) is 1. The van der Waals surface area contributed by atoms with Crippen LogP contribution in [0.1, 0.15) is 63.3 Å². The zero-order valence-electron chi connectivity index (χ0n) is 17.1. The van der Waals surface area contributed by atoms with Crippen LogP contribution in [0.4, 0.5) is 0 Å². The fourth-order valence-electron chi connectivity index (χ4n) is 4.41. The van der Waals surface area contributed by atoms with Gasteiger partial charge in [-0.25, -0.2) is 0 Å². The SMILES string of the molecule is CCOC(=O)C1(N(Cc2nnnn2-c2ccc(Cl)c(C#N)c2)C2CC2)CCCCC1. The average Bonchev–Trinajstić information content (AvgIpc) is 3.50. The number of carbonyl (C=O) groups is 1. The molecule has 2 aliphatic carbocycles. The van der Waals surface area contributed by atoms with Crippen LogP contribution in [0.25, 0.3) is 5.69 Å². The van der Waals surface area contributed by atoms with E-state index in [9.17, 15) is 10.1 Å². The number of nitriles is 1. The zero-order chi connectivity index (χ0) is 21.1. The van der Waals surface area contributed by atoms with Crippen LogP contribution in [-0.4, -0.2) is 49.3 Å². The molecule has 2 saturated carbocycles. The monoisotopic (exact) mass is 428 g/mol. The highest BCUT2D eigenvalue weighted by Gasteiger charge is 2.51. The van der Waals surface area contributed by atoms with Crippen LogP contribution >= 0.6 is 11.6 Å². The lowest BCUT2D eigenvalue weighted by molar-refractivity contribution is -0.162. The van der Waals surface area contributed by atoms with Crippen LogP contribution in [0, 0.1) is 11.3 Å². The molecule has 0 radical (unpaired) electrons. The van der Waals surface area contributed by atoms with Gasteiger partial charge in [-0.05, 0) is 61.2 Å². The lowest BCUT2D eigenvalue weighted by Gasteiger charge is -2.44. The summed E-state index contributed by atoms with van der Waals surface area (Å²) in [7, 11) is 0. The number of carbonyl (C=O) groups excluding carboxylic acids is 1. The van der Waals surface area contributed by atoms with E-state index in [0.29, 0.717) is 41.3 Å². The van der Waals surface area contributed by atoms with Gasteiger partial charge in [-0.1, -0.05) is 30.9 Å². The molecular formula is C21H25ClN6O2. The molecule has 2 aromatic rings. The molecule has 0 unspecified atom stereocenters. The standard InChI is InChI=1S/C21H25ClN6O2/c1-2-30-20(29)21(10-4-3-5-11-21)27(16-6-7-16)14-19-24-25-26-28(19)17-8-9-18(22)15(12-17)13-23/h8-9,12,16H,2-7,10-11,14H2,1H3. The number of tetrazole rings is 1. The van der Waals surface area contributed by atoms with E-state index in [0.717, 1.165) is 44.9 Å². The normalized spacial score (nSPS) is 18.2. The van der Waals surface area contributed by atoms with Crippen LogP contribution in [0.3, 0.4) is 0 Å². The predicted molar refractivity (Wildman–Crippen MR) is 110 cm³/mol. The molecule has 0 spiro atoms. The van der Waals surface area contributed by atoms with Crippen molar-refractivity contribution in [3.8, 4) is 11.8 Å². The van der Waals surface area contributed by atoms with Crippen molar-refractivity contribution in [2.24, 2.45) is 0 Å². The maximum Gasteiger partial charge on any atom is 0.326 e. The summed E-state index contributed by atoms with van der Waals surface area (Å²) in [4.78, 5) is 15.4. The minimum absolute atomic E-state index is 0.131. The van der Waals surface area contributed by atoms with E-state index in [-0.39, 0.29) is 5.97 Å². The second-order valence-corrected chi connectivity index (χ2v) is 8.36. The Morgan fingerprint density at radius 2 is 2.13 bits per heavy atom. The van der Waals surface area contributed by atoms with Gasteiger partial charge in [0.05, 0.1) is 29.4 Å². The van der Waals surface area contributed by atoms with Crippen molar-refractivity contribution in [3.63, 3.8) is 0 Å². The van der Waals surface area contributed by atoms with E-state index in [1.54, 1.807) is 22.9 Å². The topological polar surface area (TPSA) is 96.9 Å². The fraction of sp³-hybridized carbons (Fsp3) is 0.571. The Balaban J connectivity index is 1.68. The Kier molecular flexibility index (Phi) is 6.02. The van der Waals surface area contributed by atoms with Crippen molar-refractivity contribution in [1.29, 1.82) is 5.26 Å². The molecule has 1 heterocycles. The molecule has 0 atom stereocenters. The van der Waals surface area contributed by atoms with Crippen LogP contribution in [0.2, 0.25) is 5.02 Å². The second kappa shape index (κ2) is 8.70. The second-order valence-electron chi connectivity index (χ2n) is 7.95. The van der Waals surface area contributed by atoms with Crippen molar-refractivity contribution in [2.45, 2.75) is 70.0 Å². The maximum absolute atomic E-state index is 13.1. The summed E-state index contributed by atoms with van der Waals surface area (Å²) in [6, 6.07) is 7.54. The van der Waals surface area contributed by atoms with Gasteiger partial charge in [0, 0.05) is 6.04 Å². The number of rotatable bonds is 7. The van der Waals surface area contributed by atoms with Gasteiger partial charge in [0.1, 0.15) is 11.6 Å². The summed E-state index contributed by atoms with van der Waals surface area (Å²) in [6.07, 6.45) is 6.86. The van der Waals surface area contributed by atoms with Crippen molar-refractivity contribution >= 4 is 17.6 Å². The molecule has 9 heteroatoms. The number of aromatic nitrogens is 4. The molecule has 2 fully saturated rings. The molecule has 8 nitrogen and oxygen atoms in total. The molecule has 4 rings (SSSR count). The molecular weight excluding hydrogens is 404 g/mol. The van der Waals surface area contributed by atoms with Crippen molar-refractivity contribution in [2.75, 3.05) is 6.61 Å². The minimum atomic E-state index is -0.621. The van der Waals surface area contributed by atoms with Gasteiger partial charge < -0.3 is 4.74 Å². The summed E-state index contributed by atoms with van der Waals surface area (Å²) in [6.45, 7) is 2.67. The molecule has 0 bridgehead atoms. The smallest absolute Gasteiger partial charge is 0.326 e. The third kappa shape index (κ3) is 3.92. The summed E-state index contributed by atoms with van der Waals surface area (Å²) < 4.78 is 7.15. The number of benzene rings is 1. The van der Waals surface area contributed by atoms with E-state index in [1.165, 1.54) is 0 Å². The number of nitrogens with zero attached hydrogens (tertiary/aromatic N) is 6. The van der Waals surface area contributed by atoms with Crippen LogP contribution in [0.5, 0.6) is 0 Å². The van der Waals surface area contributed by atoms with E-state index in [4.69, 9.17) is 16.3 Å². The summed E-state index contributed by atoms with van der Waals surface area (Å²) in [5.74, 6) is 0.497. The van der Waals surface area contributed by atoms with Gasteiger partial charge in [0.2, 0.25) is 0 Å². The minimum Gasteiger partial charge on any atom is -0.465 e. The zero-order valence-corrected chi connectivity index (χ0v) is 17.8. The van der Waals surface area contributed by atoms with Crippen LogP contribution in [-0.2, 0) is 16.1 Å². The number of halogens is 1. The van der Waals surface area contributed by atoms with Gasteiger partial charge in [-0.2, -0.15) is 9.94 Å². The lowest BCUT2D eigenvalue weighted by atomic mass is 9.80. The summed E-state index contributed by atoms with van der Waals surface area (Å²) in [5, 5.41) is 21.9. The van der Waals surface area contributed by atoms with Crippen molar-refractivity contribution < 1.29 is 9.53 Å². The number of hydrogen-bond acceptors (Lipinski definition) is 7. The Bertz CT molecular complexity index is 959. The van der Waals surface area contributed by atoms with Gasteiger partial charge in [-0.15, -0.1) is 5.10 Å². The third-order valence-electron chi connectivity index (χ3n) is 6.03. The molecule has 0 saturated heterocycles. The quantitative estimate of drug-likeness (QED) is 0.623. The largest absolute Gasteiger partial charge is 0.465 e. The van der Waals surface area contributed by atoms with E-state index < -0.39 is 5.54 Å². The molecule has 1 aromatic carbocycles. The molecule has 30 heavy (non-hydrogen) atoms. The first kappa shape index (κ1) is 20.8. The Morgan fingerprint density at radius 1 is 1.37 bits per heavy atom. The van der Waals surface area contributed by atoms with Crippen molar-refractivity contribution in [1.82, 2.24) is 25.1 Å². The highest BCUT2D eigenvalue weighted by atomic mass is 35.5. The lowest BCUT2D eigenvalue weighted by Crippen LogP contribution is -2.57. The van der Waals surface area contributed by atoms with E-state index in [2.05, 4.69) is 26.5 Å². The van der Waals surface area contributed by atoms with Crippen LogP contribution < -0.4 is 0 Å². The summed E-state index contributed by atoms with van der Waals surface area (Å²) >= 11 is 6.07. The molecule has 0 N–H and O–H groups in total. The van der Waals surface area contributed by atoms with Crippen molar-refractivity contribution in [3.05, 3.63) is 34.6 Å². The first-order valence-corrected chi connectivity index (χ1v) is 10.9. The number of esters is 1. The highest BCUT2D eigenvalue weighted by molar-refractivity contribution is 6.31. The Hall–Kier alpha value is -2.50. The van der Waals surface area contributed by atoms with Gasteiger partial charge in [-0.3, -0.25) is 9.69 Å². The fourth-order valence-corrected chi connectivity index (χ4v) is 4.57. The maximum atomic E-state index is 13.1. The van der Waals surface area contributed by atoms with E-state index >= 15 is 0 Å². The number of hydrogen-bond donors (Lipinski definition) is 0. The Labute approximate surface area is 180 Å². The molecule has 0 amide bonds. The Morgan fingerprint density at radius 3 is 2.80 bits per heavy atom. The van der Waals surface area contributed by atoms with E-state index in [1.807, 2.05) is 6.92 Å².